The number of rotatable bonds is 5. The molecule has 0 spiro atoms. The van der Waals surface area contributed by atoms with Crippen molar-refractivity contribution in [2.75, 3.05) is 20.3 Å². The number of aryl methyl sites for hydroxylation is 1. The van der Waals surface area contributed by atoms with Crippen LogP contribution in [0.3, 0.4) is 0 Å². The van der Waals surface area contributed by atoms with Crippen molar-refractivity contribution in [3.8, 4) is 5.75 Å². The summed E-state index contributed by atoms with van der Waals surface area (Å²) < 4.78 is 48.4. The van der Waals surface area contributed by atoms with E-state index in [2.05, 4.69) is 29.5 Å². The molecule has 3 atom stereocenters. The molecule has 0 bridgehead atoms. The van der Waals surface area contributed by atoms with Gasteiger partial charge in [0.25, 0.3) is 0 Å². The molecule has 1 aliphatic carbocycles. The zero-order valence-corrected chi connectivity index (χ0v) is 16.7. The lowest BCUT2D eigenvalue weighted by atomic mass is 9.57. The maximum Gasteiger partial charge on any atom is 0.422 e. The van der Waals surface area contributed by atoms with E-state index >= 15 is 0 Å². The van der Waals surface area contributed by atoms with E-state index < -0.39 is 12.8 Å². The average Bonchev–Trinajstić information content (AvgIpc) is 3.07. The van der Waals surface area contributed by atoms with E-state index in [9.17, 15) is 13.2 Å². The van der Waals surface area contributed by atoms with E-state index in [0.29, 0.717) is 24.0 Å². The van der Waals surface area contributed by atoms with Crippen LogP contribution in [-0.4, -0.2) is 44.5 Å². The van der Waals surface area contributed by atoms with Gasteiger partial charge in [-0.2, -0.15) is 13.2 Å². The molecule has 1 aliphatic heterocycles. The molecule has 8 heteroatoms. The number of hydrogen-bond donors (Lipinski definition) is 2. The molecular weight excluding hydrogens is 371 g/mol. The predicted octanol–water partition coefficient (Wildman–Crippen LogP) is 3.41. The molecule has 0 radical (unpaired) electrons. The van der Waals surface area contributed by atoms with Crippen molar-refractivity contribution in [2.24, 2.45) is 16.3 Å². The fourth-order valence-corrected chi connectivity index (χ4v) is 4.24. The molecule has 156 valence electrons. The molecule has 1 saturated carbocycles. The number of benzene rings is 1. The summed E-state index contributed by atoms with van der Waals surface area (Å²) in [6, 6.07) is 5.48. The van der Waals surface area contributed by atoms with E-state index in [1.165, 1.54) is 0 Å². The summed E-state index contributed by atoms with van der Waals surface area (Å²) in [6.45, 7) is 5.95. The quantitative estimate of drug-likeness (QED) is 0.589. The molecule has 2 N–H and O–H groups in total. The topological polar surface area (TPSA) is 54.9 Å². The van der Waals surface area contributed by atoms with E-state index in [-0.39, 0.29) is 23.3 Å². The highest BCUT2D eigenvalue weighted by Crippen LogP contribution is 2.52. The third-order valence-electron chi connectivity index (χ3n) is 5.68. The highest BCUT2D eigenvalue weighted by atomic mass is 19.4. The molecule has 2 fully saturated rings. The van der Waals surface area contributed by atoms with Crippen molar-refractivity contribution in [3.63, 3.8) is 0 Å². The van der Waals surface area contributed by atoms with Crippen LogP contribution in [0.25, 0.3) is 0 Å². The lowest BCUT2D eigenvalue weighted by Gasteiger charge is -2.54. The van der Waals surface area contributed by atoms with Crippen LogP contribution in [0.2, 0.25) is 0 Å². The fourth-order valence-electron chi connectivity index (χ4n) is 4.24. The van der Waals surface area contributed by atoms with E-state index in [1.807, 2.05) is 13.0 Å². The molecule has 2 aliphatic rings. The maximum absolute atomic E-state index is 12.5. The van der Waals surface area contributed by atoms with Gasteiger partial charge in [-0.25, -0.2) is 0 Å². The van der Waals surface area contributed by atoms with Gasteiger partial charge in [0.15, 0.2) is 12.6 Å². The number of ether oxygens (including phenoxy) is 2. The molecule has 0 aromatic heterocycles. The van der Waals surface area contributed by atoms with Crippen LogP contribution in [0.4, 0.5) is 13.2 Å². The molecule has 1 saturated heterocycles. The Morgan fingerprint density at radius 2 is 2.11 bits per heavy atom. The number of halogens is 3. The molecule has 3 unspecified atom stereocenters. The Hall–Kier alpha value is -1.96. The monoisotopic (exact) mass is 399 g/mol. The zero-order valence-electron chi connectivity index (χ0n) is 16.7. The van der Waals surface area contributed by atoms with Crippen LogP contribution in [-0.2, 0) is 11.3 Å². The minimum atomic E-state index is -4.37. The lowest BCUT2D eigenvalue weighted by Crippen LogP contribution is -2.67. The van der Waals surface area contributed by atoms with Gasteiger partial charge < -0.3 is 20.1 Å². The van der Waals surface area contributed by atoms with Gasteiger partial charge in [-0.15, -0.1) is 0 Å². The van der Waals surface area contributed by atoms with Crippen LogP contribution in [0.15, 0.2) is 23.2 Å². The highest BCUT2D eigenvalue weighted by Gasteiger charge is 2.59. The van der Waals surface area contributed by atoms with Gasteiger partial charge in [-0.1, -0.05) is 26.0 Å². The number of nitrogens with zero attached hydrogens (tertiary/aromatic N) is 1. The Kier molecular flexibility index (Phi) is 5.79. The molecule has 3 rings (SSSR count). The minimum Gasteiger partial charge on any atom is -0.484 e. The first-order valence-corrected chi connectivity index (χ1v) is 9.49. The standard InChI is InChI=1S/C20H28F3N3O2/c1-12-5-6-13(15(9-12)28-11-20(21,22)23)10-25-18(24-4)26-16-14-7-8-27-17(14)19(16,2)3/h5-6,9,14,16-17H,7-8,10-11H2,1-4H3,(H2,24,25,26). The van der Waals surface area contributed by atoms with Crippen LogP contribution < -0.4 is 15.4 Å². The SMILES string of the molecule is CN=C(NCc1ccc(C)cc1OCC(F)(F)F)NC1C2CCOC2C1(C)C. The van der Waals surface area contributed by atoms with Gasteiger partial charge >= 0.3 is 6.18 Å². The second-order valence-corrected chi connectivity index (χ2v) is 8.13. The van der Waals surface area contributed by atoms with Crippen molar-refractivity contribution in [1.82, 2.24) is 10.6 Å². The summed E-state index contributed by atoms with van der Waals surface area (Å²) in [5.41, 5.74) is 1.49. The lowest BCUT2D eigenvalue weighted by molar-refractivity contribution is -0.153. The first kappa shape index (κ1) is 20.8. The first-order chi connectivity index (χ1) is 13.1. The predicted molar refractivity (Wildman–Crippen MR) is 101 cm³/mol. The molecule has 5 nitrogen and oxygen atoms in total. The zero-order chi connectivity index (χ0) is 20.5. The number of alkyl halides is 3. The van der Waals surface area contributed by atoms with E-state index in [0.717, 1.165) is 18.6 Å². The van der Waals surface area contributed by atoms with Gasteiger partial charge in [-0.05, 0) is 25.0 Å². The number of aliphatic imine (C=N–C) groups is 1. The average molecular weight is 399 g/mol. The van der Waals surface area contributed by atoms with Crippen LogP contribution >= 0.6 is 0 Å². The molecule has 1 aromatic rings. The Morgan fingerprint density at radius 1 is 1.36 bits per heavy atom. The largest absolute Gasteiger partial charge is 0.484 e. The van der Waals surface area contributed by atoms with Crippen molar-refractivity contribution >= 4 is 5.96 Å². The third-order valence-corrected chi connectivity index (χ3v) is 5.68. The summed E-state index contributed by atoms with van der Waals surface area (Å²) >= 11 is 0. The maximum atomic E-state index is 12.5. The summed E-state index contributed by atoms with van der Waals surface area (Å²) in [4.78, 5) is 4.27. The normalized spacial score (nSPS) is 26.4. The minimum absolute atomic E-state index is 0.00360. The van der Waals surface area contributed by atoms with E-state index in [4.69, 9.17) is 9.47 Å². The van der Waals surface area contributed by atoms with Gasteiger partial charge in [-0.3, -0.25) is 4.99 Å². The van der Waals surface area contributed by atoms with Crippen molar-refractivity contribution < 1.29 is 22.6 Å². The second kappa shape index (κ2) is 7.81. The number of guanidine groups is 1. The van der Waals surface area contributed by atoms with Gasteiger partial charge in [0.2, 0.25) is 0 Å². The molecule has 28 heavy (non-hydrogen) atoms. The summed E-state index contributed by atoms with van der Waals surface area (Å²) in [5, 5.41) is 6.66. The smallest absolute Gasteiger partial charge is 0.422 e. The summed E-state index contributed by atoms with van der Waals surface area (Å²) in [5.74, 6) is 1.30. The Morgan fingerprint density at radius 3 is 2.79 bits per heavy atom. The second-order valence-electron chi connectivity index (χ2n) is 8.13. The summed E-state index contributed by atoms with van der Waals surface area (Å²) in [6.07, 6.45) is -3.08. The molecule has 1 heterocycles. The molecule has 0 amide bonds. The number of nitrogens with one attached hydrogen (secondary N) is 2. The Labute approximate surface area is 163 Å². The van der Waals surface area contributed by atoms with Crippen LogP contribution in [0, 0.1) is 18.3 Å². The summed E-state index contributed by atoms with van der Waals surface area (Å²) in [7, 11) is 1.68. The third kappa shape index (κ3) is 4.37. The Balaban J connectivity index is 1.62. The van der Waals surface area contributed by atoms with Crippen LogP contribution in [0.1, 0.15) is 31.4 Å². The van der Waals surface area contributed by atoms with Crippen LogP contribution in [0.5, 0.6) is 5.75 Å². The van der Waals surface area contributed by atoms with Crippen molar-refractivity contribution in [3.05, 3.63) is 29.3 Å². The molecular formula is C20H28F3N3O2. The van der Waals surface area contributed by atoms with Crippen molar-refractivity contribution in [1.29, 1.82) is 0 Å². The number of hydrogen-bond acceptors (Lipinski definition) is 3. The fraction of sp³-hybridized carbons (Fsp3) is 0.650. The highest BCUT2D eigenvalue weighted by molar-refractivity contribution is 5.80. The van der Waals surface area contributed by atoms with Crippen molar-refractivity contribution in [2.45, 2.75) is 52.1 Å². The Bertz CT molecular complexity index is 734. The number of fused-ring (bicyclic) bond motifs is 1. The van der Waals surface area contributed by atoms with Gasteiger partial charge in [0.05, 0.1) is 6.10 Å². The first-order valence-electron chi connectivity index (χ1n) is 9.49. The van der Waals surface area contributed by atoms with Gasteiger partial charge in [0.1, 0.15) is 5.75 Å². The van der Waals surface area contributed by atoms with Gasteiger partial charge in [0, 0.05) is 43.1 Å². The molecule has 1 aromatic carbocycles. The van der Waals surface area contributed by atoms with E-state index in [1.54, 1.807) is 19.2 Å².